The zero-order chi connectivity index (χ0) is 9.94. The second-order valence-electron chi connectivity index (χ2n) is 3.96. The van der Waals surface area contributed by atoms with Gasteiger partial charge in [-0.25, -0.2) is 0 Å². The summed E-state index contributed by atoms with van der Waals surface area (Å²) in [5.41, 5.74) is 0. The molecule has 0 amide bonds. The van der Waals surface area contributed by atoms with Crippen molar-refractivity contribution < 1.29 is 0 Å². The van der Waals surface area contributed by atoms with Gasteiger partial charge in [0.1, 0.15) is 0 Å². The van der Waals surface area contributed by atoms with E-state index in [4.69, 9.17) is 0 Å². The molecule has 80 valence electrons. The lowest BCUT2D eigenvalue weighted by Gasteiger charge is -2.15. The second-order valence-corrected chi connectivity index (χ2v) is 3.96. The molecule has 1 heteroatoms. The van der Waals surface area contributed by atoms with Crippen LogP contribution in [0.5, 0.6) is 0 Å². The van der Waals surface area contributed by atoms with Gasteiger partial charge in [-0.2, -0.15) is 0 Å². The van der Waals surface area contributed by atoms with Crippen molar-refractivity contribution in [1.29, 1.82) is 0 Å². The van der Waals surface area contributed by atoms with Gasteiger partial charge >= 0.3 is 0 Å². The zero-order valence-electron chi connectivity index (χ0n) is 9.73. The van der Waals surface area contributed by atoms with E-state index in [2.05, 4.69) is 26.1 Å². The topological polar surface area (TPSA) is 12.0 Å². The number of nitrogens with one attached hydrogen (secondary N) is 1. The summed E-state index contributed by atoms with van der Waals surface area (Å²) in [6, 6.07) is 0. The predicted molar refractivity (Wildman–Crippen MR) is 61.1 cm³/mol. The van der Waals surface area contributed by atoms with Crippen LogP contribution in [0.4, 0.5) is 0 Å². The summed E-state index contributed by atoms with van der Waals surface area (Å²) in [5, 5.41) is 3.46. The van der Waals surface area contributed by atoms with Crippen LogP contribution in [-0.2, 0) is 0 Å². The fourth-order valence-electron chi connectivity index (χ4n) is 1.79. The summed E-state index contributed by atoms with van der Waals surface area (Å²) >= 11 is 0. The highest BCUT2D eigenvalue weighted by Gasteiger charge is 2.05. The molecule has 0 aromatic rings. The molecule has 0 heterocycles. The van der Waals surface area contributed by atoms with Crippen LogP contribution >= 0.6 is 0 Å². The van der Waals surface area contributed by atoms with Gasteiger partial charge in [-0.1, -0.05) is 46.5 Å². The minimum atomic E-state index is 0.927. The summed E-state index contributed by atoms with van der Waals surface area (Å²) in [7, 11) is 0. The number of rotatable bonds is 9. The van der Waals surface area contributed by atoms with Crippen LogP contribution in [0.3, 0.4) is 0 Å². The highest BCUT2D eigenvalue weighted by Crippen LogP contribution is 2.14. The van der Waals surface area contributed by atoms with E-state index in [9.17, 15) is 0 Å². The average Bonchev–Trinajstić information content (AvgIpc) is 2.14. The Hall–Kier alpha value is -0.0400. The Morgan fingerprint density at radius 1 is 0.923 bits per heavy atom. The van der Waals surface area contributed by atoms with E-state index < -0.39 is 0 Å². The summed E-state index contributed by atoms with van der Waals surface area (Å²) < 4.78 is 0. The highest BCUT2D eigenvalue weighted by atomic mass is 14.8. The predicted octanol–water partition coefficient (Wildman–Crippen LogP) is 3.59. The van der Waals surface area contributed by atoms with Gasteiger partial charge < -0.3 is 5.32 Å². The first-order chi connectivity index (χ1) is 6.35. The molecule has 0 aliphatic carbocycles. The molecule has 0 aromatic heterocycles. The molecule has 0 aliphatic rings. The Morgan fingerprint density at radius 3 is 2.23 bits per heavy atom. The molecule has 1 nitrogen and oxygen atoms in total. The van der Waals surface area contributed by atoms with Gasteiger partial charge in [0.25, 0.3) is 0 Å². The van der Waals surface area contributed by atoms with Gasteiger partial charge in [-0.15, -0.1) is 0 Å². The van der Waals surface area contributed by atoms with E-state index >= 15 is 0 Å². The van der Waals surface area contributed by atoms with Crippen molar-refractivity contribution in [1.82, 2.24) is 5.32 Å². The van der Waals surface area contributed by atoms with E-state index in [1.165, 1.54) is 45.1 Å². The first kappa shape index (κ1) is 13.0. The van der Waals surface area contributed by atoms with Crippen molar-refractivity contribution in [2.45, 2.75) is 59.3 Å². The molecule has 1 atom stereocenters. The number of hydrogen-bond acceptors (Lipinski definition) is 1. The summed E-state index contributed by atoms with van der Waals surface area (Å²) in [4.78, 5) is 0. The Morgan fingerprint density at radius 2 is 1.69 bits per heavy atom. The lowest BCUT2D eigenvalue weighted by molar-refractivity contribution is 0.402. The monoisotopic (exact) mass is 185 g/mol. The Labute approximate surface area is 84.3 Å². The summed E-state index contributed by atoms with van der Waals surface area (Å²) in [6.45, 7) is 9.11. The molecule has 1 N–H and O–H groups in total. The van der Waals surface area contributed by atoms with Crippen LogP contribution in [0.25, 0.3) is 0 Å². The van der Waals surface area contributed by atoms with E-state index in [0.717, 1.165) is 12.5 Å². The third kappa shape index (κ3) is 8.29. The van der Waals surface area contributed by atoms with Crippen molar-refractivity contribution in [2.24, 2.45) is 5.92 Å². The summed E-state index contributed by atoms with van der Waals surface area (Å²) in [6.07, 6.45) is 8.34. The molecule has 0 aromatic carbocycles. The molecule has 13 heavy (non-hydrogen) atoms. The van der Waals surface area contributed by atoms with Gasteiger partial charge in [0.2, 0.25) is 0 Å². The maximum absolute atomic E-state index is 3.46. The fourth-order valence-corrected chi connectivity index (χ4v) is 1.79. The average molecular weight is 185 g/mol. The van der Waals surface area contributed by atoms with Gasteiger partial charge in [0, 0.05) is 0 Å². The van der Waals surface area contributed by atoms with Crippen molar-refractivity contribution in [3.05, 3.63) is 0 Å². The number of unbranched alkanes of at least 4 members (excludes halogenated alkanes) is 2. The normalized spacial score (nSPS) is 13.2. The highest BCUT2D eigenvalue weighted by molar-refractivity contribution is 4.61. The van der Waals surface area contributed by atoms with Crippen molar-refractivity contribution in [3.63, 3.8) is 0 Å². The third-order valence-corrected chi connectivity index (χ3v) is 2.60. The summed E-state index contributed by atoms with van der Waals surface area (Å²) in [5.74, 6) is 0.927. The fraction of sp³-hybridized carbons (Fsp3) is 1.00. The lowest BCUT2D eigenvalue weighted by atomic mass is 9.96. The third-order valence-electron chi connectivity index (χ3n) is 2.60. The first-order valence-corrected chi connectivity index (χ1v) is 6.05. The van der Waals surface area contributed by atoms with E-state index in [-0.39, 0.29) is 0 Å². The Balaban J connectivity index is 3.41. The molecule has 0 aliphatic heterocycles. The van der Waals surface area contributed by atoms with Gasteiger partial charge in [-0.05, 0) is 31.8 Å². The molecule has 0 saturated carbocycles. The molecule has 0 bridgehead atoms. The van der Waals surface area contributed by atoms with Gasteiger partial charge in [0.15, 0.2) is 0 Å². The first-order valence-electron chi connectivity index (χ1n) is 6.05. The van der Waals surface area contributed by atoms with E-state index in [1.807, 2.05) is 0 Å². The Kier molecular flexibility index (Phi) is 10.0. The smallest absolute Gasteiger partial charge is 0.00206 e. The second kappa shape index (κ2) is 10.0. The minimum Gasteiger partial charge on any atom is -0.317 e. The van der Waals surface area contributed by atoms with Crippen molar-refractivity contribution in [3.8, 4) is 0 Å². The van der Waals surface area contributed by atoms with E-state index in [0.29, 0.717) is 0 Å². The minimum absolute atomic E-state index is 0.927. The van der Waals surface area contributed by atoms with Crippen molar-refractivity contribution >= 4 is 0 Å². The largest absolute Gasteiger partial charge is 0.317 e. The van der Waals surface area contributed by atoms with Crippen LogP contribution in [0.2, 0.25) is 0 Å². The molecule has 0 radical (unpaired) electrons. The molecule has 1 unspecified atom stereocenters. The molecular weight excluding hydrogens is 158 g/mol. The maximum atomic E-state index is 3.46. The van der Waals surface area contributed by atoms with Gasteiger partial charge in [-0.3, -0.25) is 0 Å². The van der Waals surface area contributed by atoms with Crippen LogP contribution < -0.4 is 5.32 Å². The molecule has 0 rings (SSSR count). The van der Waals surface area contributed by atoms with Crippen LogP contribution in [0.1, 0.15) is 59.3 Å². The quantitative estimate of drug-likeness (QED) is 0.541. The SMILES string of the molecule is CCCCCC(CCC)CNCC. The van der Waals surface area contributed by atoms with Crippen LogP contribution in [0, 0.1) is 5.92 Å². The lowest BCUT2D eigenvalue weighted by Crippen LogP contribution is -2.22. The van der Waals surface area contributed by atoms with Crippen molar-refractivity contribution in [2.75, 3.05) is 13.1 Å². The van der Waals surface area contributed by atoms with Gasteiger partial charge in [0.05, 0.1) is 0 Å². The Bertz CT molecular complexity index is 91.1. The number of hydrogen-bond donors (Lipinski definition) is 1. The van der Waals surface area contributed by atoms with E-state index in [1.54, 1.807) is 0 Å². The zero-order valence-corrected chi connectivity index (χ0v) is 9.73. The standard InChI is InChI=1S/C12H27N/c1-4-7-8-10-12(9-5-2)11-13-6-3/h12-13H,4-11H2,1-3H3. The molecular formula is C12H27N. The molecule has 0 spiro atoms. The molecule has 0 fully saturated rings. The van der Waals surface area contributed by atoms with Crippen LogP contribution in [0.15, 0.2) is 0 Å². The van der Waals surface area contributed by atoms with Crippen LogP contribution in [-0.4, -0.2) is 13.1 Å². The maximum Gasteiger partial charge on any atom is -0.00206 e. The molecule has 0 saturated heterocycles.